The summed E-state index contributed by atoms with van der Waals surface area (Å²) >= 11 is 0. The summed E-state index contributed by atoms with van der Waals surface area (Å²) in [4.78, 5) is 14.1. The second kappa shape index (κ2) is 6.60. The summed E-state index contributed by atoms with van der Waals surface area (Å²) in [6, 6.07) is 7.96. The molecule has 3 heteroatoms. The van der Waals surface area contributed by atoms with Gasteiger partial charge in [0.05, 0.1) is 7.11 Å². The van der Waals surface area contributed by atoms with E-state index in [4.69, 9.17) is 4.74 Å². The van der Waals surface area contributed by atoms with Gasteiger partial charge in [0, 0.05) is 19.5 Å². The molecule has 0 atom stereocenters. The predicted molar refractivity (Wildman–Crippen MR) is 76.3 cm³/mol. The van der Waals surface area contributed by atoms with Gasteiger partial charge in [-0.3, -0.25) is 4.79 Å². The number of methoxy groups -OCH3 is 1. The molecule has 104 valence electrons. The Morgan fingerprint density at radius 3 is 2.47 bits per heavy atom. The van der Waals surface area contributed by atoms with Gasteiger partial charge in [-0.1, -0.05) is 19.1 Å². The molecule has 1 aromatic carbocycles. The van der Waals surface area contributed by atoms with Crippen molar-refractivity contribution in [2.24, 2.45) is 5.92 Å². The van der Waals surface area contributed by atoms with Gasteiger partial charge in [-0.2, -0.15) is 0 Å². The molecule has 1 heterocycles. The number of aryl methyl sites for hydroxylation is 1. The zero-order chi connectivity index (χ0) is 13.7. The first-order valence-electron chi connectivity index (χ1n) is 7.09. The lowest BCUT2D eigenvalue weighted by Gasteiger charge is -2.30. The molecule has 1 aliphatic rings. The van der Waals surface area contributed by atoms with Crippen LogP contribution in [0, 0.1) is 5.92 Å². The lowest BCUT2D eigenvalue weighted by molar-refractivity contribution is -0.132. The summed E-state index contributed by atoms with van der Waals surface area (Å²) < 4.78 is 5.12. The Bertz CT molecular complexity index is 405. The summed E-state index contributed by atoms with van der Waals surface area (Å²) in [5.41, 5.74) is 1.19. The van der Waals surface area contributed by atoms with Crippen LogP contribution in [0.3, 0.4) is 0 Å². The average molecular weight is 261 g/mol. The summed E-state index contributed by atoms with van der Waals surface area (Å²) in [6.07, 6.45) is 3.72. The average Bonchev–Trinajstić information content (AvgIpc) is 2.46. The van der Waals surface area contributed by atoms with Gasteiger partial charge in [-0.05, 0) is 42.9 Å². The minimum absolute atomic E-state index is 0.294. The molecule has 0 bridgehead atoms. The monoisotopic (exact) mass is 261 g/mol. The highest BCUT2D eigenvalue weighted by Gasteiger charge is 2.19. The number of ether oxygens (including phenoxy) is 1. The fourth-order valence-corrected chi connectivity index (χ4v) is 2.46. The van der Waals surface area contributed by atoms with Crippen LogP contribution in [-0.2, 0) is 11.2 Å². The first kappa shape index (κ1) is 13.9. The third kappa shape index (κ3) is 3.98. The number of carbonyl (C=O) groups excluding carboxylic acids is 1. The highest BCUT2D eigenvalue weighted by molar-refractivity contribution is 5.76. The second-order valence-electron chi connectivity index (χ2n) is 5.41. The van der Waals surface area contributed by atoms with Crippen LogP contribution < -0.4 is 4.74 Å². The molecule has 0 unspecified atom stereocenters. The minimum Gasteiger partial charge on any atom is -0.497 e. The quantitative estimate of drug-likeness (QED) is 0.834. The molecule has 0 spiro atoms. The Morgan fingerprint density at radius 1 is 1.26 bits per heavy atom. The molecular formula is C16H23NO2. The fourth-order valence-electron chi connectivity index (χ4n) is 2.46. The van der Waals surface area contributed by atoms with Crippen LogP contribution in [0.4, 0.5) is 0 Å². The highest BCUT2D eigenvalue weighted by atomic mass is 16.5. The molecule has 1 amide bonds. The van der Waals surface area contributed by atoms with Crippen molar-refractivity contribution in [1.29, 1.82) is 0 Å². The molecule has 1 saturated heterocycles. The molecule has 0 saturated carbocycles. The Balaban J connectivity index is 1.79. The van der Waals surface area contributed by atoms with Gasteiger partial charge in [0.1, 0.15) is 5.75 Å². The van der Waals surface area contributed by atoms with Gasteiger partial charge in [-0.15, -0.1) is 0 Å². The zero-order valence-corrected chi connectivity index (χ0v) is 11.9. The molecule has 0 N–H and O–H groups in total. The summed E-state index contributed by atoms with van der Waals surface area (Å²) in [6.45, 7) is 4.13. The number of nitrogens with zero attached hydrogens (tertiary/aromatic N) is 1. The van der Waals surface area contributed by atoms with Crippen LogP contribution in [0.25, 0.3) is 0 Å². The maximum atomic E-state index is 12.1. The number of piperidine rings is 1. The van der Waals surface area contributed by atoms with Crippen molar-refractivity contribution in [2.45, 2.75) is 32.6 Å². The van der Waals surface area contributed by atoms with Crippen molar-refractivity contribution >= 4 is 5.91 Å². The number of hydrogen-bond donors (Lipinski definition) is 0. The molecule has 19 heavy (non-hydrogen) atoms. The summed E-state index contributed by atoms with van der Waals surface area (Å²) in [5, 5.41) is 0. The standard InChI is InChI=1S/C16H23NO2/c1-13-9-11-17(12-10-13)16(18)8-5-14-3-6-15(19-2)7-4-14/h3-4,6-7,13H,5,8-12H2,1-2H3. The molecular weight excluding hydrogens is 238 g/mol. The highest BCUT2D eigenvalue weighted by Crippen LogP contribution is 2.18. The summed E-state index contributed by atoms with van der Waals surface area (Å²) in [7, 11) is 1.66. The number of amides is 1. The van der Waals surface area contributed by atoms with E-state index >= 15 is 0 Å². The van der Waals surface area contributed by atoms with Gasteiger partial charge in [0.25, 0.3) is 0 Å². The van der Waals surface area contributed by atoms with Crippen LogP contribution in [0.5, 0.6) is 5.75 Å². The van der Waals surface area contributed by atoms with E-state index in [0.29, 0.717) is 12.3 Å². The van der Waals surface area contributed by atoms with Gasteiger partial charge < -0.3 is 9.64 Å². The SMILES string of the molecule is COc1ccc(CCC(=O)N2CCC(C)CC2)cc1. The predicted octanol–water partition coefficient (Wildman–Crippen LogP) is 2.89. The maximum absolute atomic E-state index is 12.1. The van der Waals surface area contributed by atoms with Crippen molar-refractivity contribution in [3.05, 3.63) is 29.8 Å². The van der Waals surface area contributed by atoms with E-state index in [9.17, 15) is 4.79 Å². The van der Waals surface area contributed by atoms with Gasteiger partial charge >= 0.3 is 0 Å². The second-order valence-corrected chi connectivity index (χ2v) is 5.41. The Kier molecular flexibility index (Phi) is 4.83. The summed E-state index contributed by atoms with van der Waals surface area (Å²) in [5.74, 6) is 1.92. The Labute approximate surface area is 115 Å². The lowest BCUT2D eigenvalue weighted by atomic mass is 9.98. The smallest absolute Gasteiger partial charge is 0.222 e. The van der Waals surface area contributed by atoms with Gasteiger partial charge in [0.2, 0.25) is 5.91 Å². The van der Waals surface area contributed by atoms with Crippen LogP contribution in [0.15, 0.2) is 24.3 Å². The van der Waals surface area contributed by atoms with E-state index in [-0.39, 0.29) is 0 Å². The van der Waals surface area contributed by atoms with Gasteiger partial charge in [-0.25, -0.2) is 0 Å². The maximum Gasteiger partial charge on any atom is 0.222 e. The lowest BCUT2D eigenvalue weighted by Crippen LogP contribution is -2.37. The molecule has 1 aromatic rings. The van der Waals surface area contributed by atoms with Crippen molar-refractivity contribution in [3.8, 4) is 5.75 Å². The van der Waals surface area contributed by atoms with Crippen LogP contribution in [-0.4, -0.2) is 31.0 Å². The number of benzene rings is 1. The molecule has 3 nitrogen and oxygen atoms in total. The van der Waals surface area contributed by atoms with Gasteiger partial charge in [0.15, 0.2) is 0 Å². The molecule has 0 aliphatic carbocycles. The van der Waals surface area contributed by atoms with Crippen LogP contribution in [0.1, 0.15) is 31.7 Å². The fraction of sp³-hybridized carbons (Fsp3) is 0.562. The van der Waals surface area contributed by atoms with E-state index in [2.05, 4.69) is 6.92 Å². The Morgan fingerprint density at radius 2 is 1.89 bits per heavy atom. The molecule has 0 aromatic heterocycles. The van der Waals surface area contributed by atoms with Crippen LogP contribution in [0.2, 0.25) is 0 Å². The topological polar surface area (TPSA) is 29.5 Å². The number of likely N-dealkylation sites (tertiary alicyclic amines) is 1. The Hall–Kier alpha value is -1.51. The van der Waals surface area contributed by atoms with Crippen molar-refractivity contribution in [3.63, 3.8) is 0 Å². The van der Waals surface area contributed by atoms with E-state index in [1.54, 1.807) is 7.11 Å². The van der Waals surface area contributed by atoms with E-state index in [1.807, 2.05) is 29.2 Å². The molecule has 0 radical (unpaired) electrons. The van der Waals surface area contributed by atoms with E-state index in [1.165, 1.54) is 5.56 Å². The number of rotatable bonds is 4. The van der Waals surface area contributed by atoms with Crippen LogP contribution >= 0.6 is 0 Å². The third-order valence-corrected chi connectivity index (χ3v) is 3.92. The van der Waals surface area contributed by atoms with Crippen molar-refractivity contribution < 1.29 is 9.53 Å². The first-order valence-corrected chi connectivity index (χ1v) is 7.09. The van der Waals surface area contributed by atoms with Crippen molar-refractivity contribution in [2.75, 3.05) is 20.2 Å². The minimum atomic E-state index is 0.294. The zero-order valence-electron chi connectivity index (χ0n) is 11.9. The number of hydrogen-bond acceptors (Lipinski definition) is 2. The third-order valence-electron chi connectivity index (χ3n) is 3.92. The largest absolute Gasteiger partial charge is 0.497 e. The normalized spacial score (nSPS) is 16.4. The molecule has 1 aliphatic heterocycles. The van der Waals surface area contributed by atoms with E-state index in [0.717, 1.165) is 44.0 Å². The van der Waals surface area contributed by atoms with E-state index < -0.39 is 0 Å². The number of carbonyl (C=O) groups is 1. The first-order chi connectivity index (χ1) is 9.19. The van der Waals surface area contributed by atoms with Crippen molar-refractivity contribution in [1.82, 2.24) is 4.90 Å². The molecule has 1 fully saturated rings. The molecule has 2 rings (SSSR count).